The molecule has 0 spiro atoms. The summed E-state index contributed by atoms with van der Waals surface area (Å²) in [6, 6.07) is 6.31. The number of hydrogen-bond donors (Lipinski definition) is 2. The number of carbonyl (C=O) groups is 3. The predicted octanol–water partition coefficient (Wildman–Crippen LogP) is 4.52. The highest BCUT2D eigenvalue weighted by Crippen LogP contribution is 2.33. The topological polar surface area (TPSA) is 93.1 Å². The van der Waals surface area contributed by atoms with Crippen LogP contribution in [0.15, 0.2) is 36.7 Å². The van der Waals surface area contributed by atoms with Crippen molar-refractivity contribution in [2.45, 2.75) is 25.7 Å². The minimum Gasteiger partial charge on any atom is -0.352 e. The van der Waals surface area contributed by atoms with Gasteiger partial charge in [-0.2, -0.15) is 0 Å². The van der Waals surface area contributed by atoms with Crippen LogP contribution >= 0.6 is 23.2 Å². The Bertz CT molecular complexity index is 1240. The Balaban J connectivity index is 1.43. The third-order valence-corrected chi connectivity index (χ3v) is 6.39. The number of hydrogen-bond acceptors (Lipinski definition) is 4. The number of fused-ring (bicyclic) bond motifs is 1. The van der Waals surface area contributed by atoms with E-state index in [1.165, 1.54) is 22.9 Å². The summed E-state index contributed by atoms with van der Waals surface area (Å²) in [4.78, 5) is 42.1. The molecule has 0 aliphatic heterocycles. The maximum Gasteiger partial charge on any atom is 0.265 e. The molecule has 5 rings (SSSR count). The van der Waals surface area contributed by atoms with E-state index < -0.39 is 5.91 Å². The van der Waals surface area contributed by atoms with Gasteiger partial charge in [-0.1, -0.05) is 23.2 Å². The Morgan fingerprint density at radius 2 is 1.78 bits per heavy atom. The lowest BCUT2D eigenvalue weighted by Crippen LogP contribution is -2.25. The van der Waals surface area contributed by atoms with Gasteiger partial charge in [-0.05, 0) is 55.9 Å². The predicted molar refractivity (Wildman–Crippen MR) is 122 cm³/mol. The number of nitrogens with one attached hydrogen (secondary N) is 2. The largest absolute Gasteiger partial charge is 0.352 e. The Morgan fingerprint density at radius 1 is 1.06 bits per heavy atom. The molecular formula is C23H20Cl2N4O3. The second kappa shape index (κ2) is 8.22. The number of carbonyl (C=O) groups excluding carboxylic acids is 3. The lowest BCUT2D eigenvalue weighted by molar-refractivity contribution is -0.117. The van der Waals surface area contributed by atoms with E-state index in [0.717, 1.165) is 25.7 Å². The fourth-order valence-electron chi connectivity index (χ4n) is 3.60. The lowest BCUT2D eigenvalue weighted by atomic mass is 10.1. The van der Waals surface area contributed by atoms with Crippen LogP contribution in [-0.2, 0) is 4.79 Å². The fourth-order valence-corrected chi connectivity index (χ4v) is 4.25. The van der Waals surface area contributed by atoms with Crippen molar-refractivity contribution < 1.29 is 14.4 Å². The first-order chi connectivity index (χ1) is 15.4. The Hall–Kier alpha value is -2.90. The zero-order valence-electron chi connectivity index (χ0n) is 17.0. The molecule has 2 aromatic heterocycles. The molecule has 2 heterocycles. The maximum absolute atomic E-state index is 13.3. The van der Waals surface area contributed by atoms with Crippen molar-refractivity contribution in [3.63, 3.8) is 0 Å². The van der Waals surface area contributed by atoms with Crippen LogP contribution in [0.25, 0.3) is 10.9 Å². The second-order valence-corrected chi connectivity index (χ2v) is 9.13. The molecule has 1 aromatic carbocycles. The molecule has 0 atom stereocenters. The van der Waals surface area contributed by atoms with Crippen LogP contribution in [0.3, 0.4) is 0 Å². The van der Waals surface area contributed by atoms with E-state index in [-0.39, 0.29) is 33.3 Å². The summed E-state index contributed by atoms with van der Waals surface area (Å²) in [7, 11) is 0. The molecule has 9 heteroatoms. The van der Waals surface area contributed by atoms with E-state index >= 15 is 0 Å². The molecular weight excluding hydrogens is 451 g/mol. The van der Waals surface area contributed by atoms with Crippen molar-refractivity contribution in [1.82, 2.24) is 14.9 Å². The summed E-state index contributed by atoms with van der Waals surface area (Å²) in [6.45, 7) is 0.623. The lowest BCUT2D eigenvalue weighted by Gasteiger charge is -2.11. The van der Waals surface area contributed by atoms with Gasteiger partial charge in [0.1, 0.15) is 5.82 Å². The first-order valence-corrected chi connectivity index (χ1v) is 11.3. The third kappa shape index (κ3) is 4.10. The van der Waals surface area contributed by atoms with Crippen LogP contribution in [0, 0.1) is 11.8 Å². The normalized spacial score (nSPS) is 15.6. The first-order valence-electron chi connectivity index (χ1n) is 10.5. The molecule has 2 amide bonds. The van der Waals surface area contributed by atoms with Crippen molar-refractivity contribution >= 4 is 57.6 Å². The Labute approximate surface area is 194 Å². The van der Waals surface area contributed by atoms with E-state index in [9.17, 15) is 14.4 Å². The monoisotopic (exact) mass is 470 g/mol. The van der Waals surface area contributed by atoms with Crippen molar-refractivity contribution in [3.8, 4) is 0 Å². The van der Waals surface area contributed by atoms with E-state index in [4.69, 9.17) is 23.2 Å². The summed E-state index contributed by atoms with van der Waals surface area (Å²) in [5.74, 6) is 0.213. The molecule has 0 bridgehead atoms. The van der Waals surface area contributed by atoms with Crippen molar-refractivity contribution in [2.75, 3.05) is 11.9 Å². The van der Waals surface area contributed by atoms with Gasteiger partial charge in [-0.25, -0.2) is 4.98 Å². The van der Waals surface area contributed by atoms with Crippen LogP contribution in [-0.4, -0.2) is 33.8 Å². The Morgan fingerprint density at radius 3 is 2.44 bits per heavy atom. The van der Waals surface area contributed by atoms with Gasteiger partial charge in [0.25, 0.3) is 11.8 Å². The van der Waals surface area contributed by atoms with E-state index in [1.807, 2.05) is 0 Å². The SMILES string of the molecule is O=C(NCC1CC1)c1cc(Cl)c(C(=O)n2ccc3c(NC(=O)C4CC4)nccc32)c(Cl)c1. The van der Waals surface area contributed by atoms with Gasteiger partial charge in [0, 0.05) is 35.8 Å². The molecule has 0 unspecified atom stereocenters. The molecule has 2 saturated carbocycles. The molecule has 0 radical (unpaired) electrons. The molecule has 7 nitrogen and oxygen atoms in total. The van der Waals surface area contributed by atoms with Crippen LogP contribution in [0.5, 0.6) is 0 Å². The number of aromatic nitrogens is 2. The van der Waals surface area contributed by atoms with Gasteiger partial charge in [0.2, 0.25) is 5.91 Å². The summed E-state index contributed by atoms with van der Waals surface area (Å²) in [5, 5.41) is 6.52. The number of nitrogens with zero attached hydrogens (tertiary/aromatic N) is 2. The highest BCUT2D eigenvalue weighted by molar-refractivity contribution is 6.40. The third-order valence-electron chi connectivity index (χ3n) is 5.79. The number of halogens is 2. The van der Waals surface area contributed by atoms with Crippen LogP contribution in [0.2, 0.25) is 10.0 Å². The number of rotatable bonds is 6. The maximum atomic E-state index is 13.3. The van der Waals surface area contributed by atoms with Gasteiger partial charge in [0.15, 0.2) is 0 Å². The number of anilines is 1. The van der Waals surface area contributed by atoms with E-state index in [0.29, 0.717) is 34.7 Å². The zero-order chi connectivity index (χ0) is 22.4. The van der Waals surface area contributed by atoms with Gasteiger partial charge < -0.3 is 10.6 Å². The molecule has 2 fully saturated rings. The zero-order valence-corrected chi connectivity index (χ0v) is 18.5. The van der Waals surface area contributed by atoms with Crippen molar-refractivity contribution in [3.05, 3.63) is 57.8 Å². The molecule has 2 aliphatic rings. The molecule has 32 heavy (non-hydrogen) atoms. The van der Waals surface area contributed by atoms with Crippen LogP contribution in [0.4, 0.5) is 5.82 Å². The minimum absolute atomic E-state index is 0.0355. The smallest absolute Gasteiger partial charge is 0.265 e. The van der Waals surface area contributed by atoms with Gasteiger partial charge in [0.05, 0.1) is 21.1 Å². The summed E-state index contributed by atoms with van der Waals surface area (Å²) < 4.78 is 1.41. The van der Waals surface area contributed by atoms with E-state index in [1.54, 1.807) is 18.3 Å². The summed E-state index contributed by atoms with van der Waals surface area (Å²) in [5.41, 5.74) is 0.975. The summed E-state index contributed by atoms with van der Waals surface area (Å²) in [6.07, 6.45) is 7.14. The highest BCUT2D eigenvalue weighted by Gasteiger charge is 2.30. The molecule has 2 aliphatic carbocycles. The van der Waals surface area contributed by atoms with Crippen LogP contribution in [0.1, 0.15) is 46.4 Å². The standard InChI is InChI=1S/C23H20Cl2N4O3/c24-16-9-14(21(30)27-11-12-1-2-12)10-17(25)19(16)23(32)29-8-6-15-18(29)5-7-26-20(15)28-22(31)13-3-4-13/h5-10,12-13H,1-4,11H2,(H,27,30)(H,26,28,31). The fraction of sp³-hybridized carbons (Fsp3) is 0.304. The average Bonchev–Trinajstić information content (AvgIpc) is 3.69. The van der Waals surface area contributed by atoms with Gasteiger partial charge >= 0.3 is 0 Å². The van der Waals surface area contributed by atoms with E-state index in [2.05, 4.69) is 15.6 Å². The van der Waals surface area contributed by atoms with Gasteiger partial charge in [-0.15, -0.1) is 0 Å². The quantitative estimate of drug-likeness (QED) is 0.553. The molecule has 0 saturated heterocycles. The number of amides is 2. The number of benzene rings is 1. The number of pyridine rings is 1. The first kappa shape index (κ1) is 21.0. The Kier molecular flexibility index (Phi) is 5.39. The average molecular weight is 471 g/mol. The van der Waals surface area contributed by atoms with Crippen molar-refractivity contribution in [2.24, 2.45) is 11.8 Å². The van der Waals surface area contributed by atoms with Crippen molar-refractivity contribution in [1.29, 1.82) is 0 Å². The van der Waals surface area contributed by atoms with Gasteiger partial charge in [-0.3, -0.25) is 19.0 Å². The summed E-state index contributed by atoms with van der Waals surface area (Å²) >= 11 is 12.8. The minimum atomic E-state index is -0.439. The van der Waals surface area contributed by atoms with Crippen LogP contribution < -0.4 is 10.6 Å². The highest BCUT2D eigenvalue weighted by atomic mass is 35.5. The molecule has 2 N–H and O–H groups in total. The molecule has 3 aromatic rings. The second-order valence-electron chi connectivity index (χ2n) is 8.32. The molecule has 164 valence electrons.